The van der Waals surface area contributed by atoms with Crippen LogP contribution in [0.4, 0.5) is 0 Å². The lowest BCUT2D eigenvalue weighted by Crippen LogP contribution is -2.07. The summed E-state index contributed by atoms with van der Waals surface area (Å²) in [7, 11) is 0. The third-order valence-electron chi connectivity index (χ3n) is 2.37. The summed E-state index contributed by atoms with van der Waals surface area (Å²) in [6.45, 7) is 3.74. The van der Waals surface area contributed by atoms with Crippen LogP contribution in [0.3, 0.4) is 0 Å². The minimum Gasteiger partial charge on any atom is -0.393 e. The van der Waals surface area contributed by atoms with Crippen molar-refractivity contribution in [3.8, 4) is 0 Å². The summed E-state index contributed by atoms with van der Waals surface area (Å²) in [5.41, 5.74) is 2.02. The highest BCUT2D eigenvalue weighted by Gasteiger charge is 2.12. The van der Waals surface area contributed by atoms with E-state index in [0.29, 0.717) is 11.6 Å². The second-order valence-corrected chi connectivity index (χ2v) is 4.14. The Labute approximate surface area is 93.3 Å². The first-order valence-corrected chi connectivity index (χ1v) is 5.27. The maximum absolute atomic E-state index is 9.35. The Morgan fingerprint density at radius 1 is 1.60 bits per heavy atom. The Balaban J connectivity index is 2.63. The summed E-state index contributed by atoms with van der Waals surface area (Å²) in [6.07, 6.45) is 2.02. The van der Waals surface area contributed by atoms with Crippen LogP contribution in [-0.2, 0) is 6.42 Å². The average Bonchev–Trinajstić information content (AvgIpc) is 2.44. The third kappa shape index (κ3) is 1.85. The number of halogens is 1. The van der Waals surface area contributed by atoms with E-state index in [-0.39, 0.29) is 0 Å². The molecular formula is C11H13ClN2O. The van der Waals surface area contributed by atoms with Gasteiger partial charge in [-0.25, -0.2) is 4.98 Å². The standard InChI is InChI=1S/C11H13ClN2O/c1-7-4-3-5-14-9(6-8(2)15)13-11(12)10(7)14/h3-5,8,15H,6H2,1-2H3. The lowest BCUT2D eigenvalue weighted by atomic mass is 10.2. The highest BCUT2D eigenvalue weighted by atomic mass is 35.5. The molecule has 0 saturated carbocycles. The Hall–Kier alpha value is -1.06. The van der Waals surface area contributed by atoms with Gasteiger partial charge in [0.1, 0.15) is 5.82 Å². The van der Waals surface area contributed by atoms with Crippen LogP contribution >= 0.6 is 11.6 Å². The van der Waals surface area contributed by atoms with E-state index >= 15 is 0 Å². The molecule has 0 spiro atoms. The minimum absolute atomic E-state index is 0.410. The van der Waals surface area contributed by atoms with E-state index in [1.54, 1.807) is 6.92 Å². The van der Waals surface area contributed by atoms with E-state index in [9.17, 15) is 5.11 Å². The summed E-state index contributed by atoms with van der Waals surface area (Å²) < 4.78 is 1.93. The van der Waals surface area contributed by atoms with Crippen LogP contribution in [0.1, 0.15) is 18.3 Å². The van der Waals surface area contributed by atoms with Crippen LogP contribution in [0.2, 0.25) is 5.15 Å². The molecule has 0 aromatic carbocycles. The molecule has 4 heteroatoms. The molecule has 0 fully saturated rings. The first-order valence-electron chi connectivity index (χ1n) is 4.89. The lowest BCUT2D eigenvalue weighted by molar-refractivity contribution is 0.192. The van der Waals surface area contributed by atoms with Gasteiger partial charge in [0.2, 0.25) is 0 Å². The van der Waals surface area contributed by atoms with Gasteiger partial charge in [0.25, 0.3) is 0 Å². The van der Waals surface area contributed by atoms with Crippen LogP contribution < -0.4 is 0 Å². The van der Waals surface area contributed by atoms with Gasteiger partial charge in [-0.15, -0.1) is 0 Å². The molecule has 80 valence electrons. The minimum atomic E-state index is -0.410. The number of aliphatic hydroxyl groups is 1. The Morgan fingerprint density at radius 3 is 3.00 bits per heavy atom. The second kappa shape index (κ2) is 3.83. The van der Waals surface area contributed by atoms with Gasteiger partial charge in [-0.05, 0) is 25.5 Å². The van der Waals surface area contributed by atoms with Gasteiger partial charge in [0, 0.05) is 12.6 Å². The number of rotatable bonds is 2. The summed E-state index contributed by atoms with van der Waals surface area (Å²) in [6, 6.07) is 3.95. The maximum Gasteiger partial charge on any atom is 0.155 e. The first kappa shape index (κ1) is 10.5. The summed E-state index contributed by atoms with van der Waals surface area (Å²) >= 11 is 6.05. The Kier molecular flexibility index (Phi) is 2.67. The van der Waals surface area contributed by atoms with Gasteiger partial charge >= 0.3 is 0 Å². The highest BCUT2D eigenvalue weighted by Crippen LogP contribution is 2.22. The van der Waals surface area contributed by atoms with Gasteiger partial charge in [-0.2, -0.15) is 0 Å². The fourth-order valence-electron chi connectivity index (χ4n) is 1.72. The molecule has 1 N–H and O–H groups in total. The van der Waals surface area contributed by atoms with Crippen molar-refractivity contribution >= 4 is 17.1 Å². The number of fused-ring (bicyclic) bond motifs is 1. The van der Waals surface area contributed by atoms with Crippen LogP contribution in [0.5, 0.6) is 0 Å². The van der Waals surface area contributed by atoms with Crippen molar-refractivity contribution in [2.24, 2.45) is 0 Å². The Morgan fingerprint density at radius 2 is 2.33 bits per heavy atom. The van der Waals surface area contributed by atoms with Gasteiger partial charge in [-0.1, -0.05) is 17.7 Å². The van der Waals surface area contributed by atoms with Crippen molar-refractivity contribution in [3.63, 3.8) is 0 Å². The molecule has 0 amide bonds. The van der Waals surface area contributed by atoms with E-state index in [0.717, 1.165) is 16.9 Å². The normalized spacial score (nSPS) is 13.3. The zero-order valence-corrected chi connectivity index (χ0v) is 9.49. The molecule has 0 aliphatic rings. The zero-order chi connectivity index (χ0) is 11.0. The first-order chi connectivity index (χ1) is 7.09. The van der Waals surface area contributed by atoms with E-state index < -0.39 is 6.10 Å². The smallest absolute Gasteiger partial charge is 0.155 e. The molecule has 2 aromatic heterocycles. The Bertz CT molecular complexity index is 491. The summed E-state index contributed by atoms with van der Waals surface area (Å²) in [5.74, 6) is 0.800. The maximum atomic E-state index is 9.35. The third-order valence-corrected chi connectivity index (χ3v) is 2.64. The molecular weight excluding hydrogens is 212 g/mol. The predicted molar refractivity (Wildman–Crippen MR) is 60.3 cm³/mol. The second-order valence-electron chi connectivity index (χ2n) is 3.78. The van der Waals surface area contributed by atoms with Gasteiger partial charge < -0.3 is 9.51 Å². The average molecular weight is 225 g/mol. The SMILES string of the molecule is Cc1cccn2c(CC(C)O)nc(Cl)c12. The number of aromatic nitrogens is 2. The lowest BCUT2D eigenvalue weighted by Gasteiger charge is -2.04. The van der Waals surface area contributed by atoms with Crippen molar-refractivity contribution in [2.75, 3.05) is 0 Å². The molecule has 2 heterocycles. The largest absolute Gasteiger partial charge is 0.393 e. The molecule has 0 radical (unpaired) electrons. The number of imidazole rings is 1. The van der Waals surface area contributed by atoms with Crippen molar-refractivity contribution in [3.05, 3.63) is 34.9 Å². The summed E-state index contributed by atoms with van der Waals surface area (Å²) in [4.78, 5) is 4.26. The van der Waals surface area contributed by atoms with E-state index in [1.165, 1.54) is 0 Å². The molecule has 3 nitrogen and oxygen atoms in total. The van der Waals surface area contributed by atoms with Crippen LogP contribution in [0.15, 0.2) is 18.3 Å². The molecule has 0 aliphatic carbocycles. The fraction of sp³-hybridized carbons (Fsp3) is 0.364. The van der Waals surface area contributed by atoms with Crippen LogP contribution in [0, 0.1) is 6.92 Å². The molecule has 0 bridgehead atoms. The predicted octanol–water partition coefficient (Wildman–Crippen LogP) is 2.22. The number of pyridine rings is 1. The molecule has 1 unspecified atom stereocenters. The molecule has 15 heavy (non-hydrogen) atoms. The number of aryl methyl sites for hydroxylation is 1. The molecule has 2 rings (SSSR count). The van der Waals surface area contributed by atoms with Gasteiger partial charge in [0.05, 0.1) is 11.6 Å². The van der Waals surface area contributed by atoms with Crippen molar-refractivity contribution in [1.29, 1.82) is 0 Å². The topological polar surface area (TPSA) is 37.5 Å². The summed E-state index contributed by atoms with van der Waals surface area (Å²) in [5, 5.41) is 9.85. The van der Waals surface area contributed by atoms with Gasteiger partial charge in [0.15, 0.2) is 5.15 Å². The van der Waals surface area contributed by atoms with Crippen LogP contribution in [0.25, 0.3) is 5.52 Å². The molecule has 0 aliphatic heterocycles. The number of nitrogens with zero attached hydrogens (tertiary/aromatic N) is 2. The van der Waals surface area contributed by atoms with Crippen LogP contribution in [-0.4, -0.2) is 20.6 Å². The van der Waals surface area contributed by atoms with Gasteiger partial charge in [-0.3, -0.25) is 0 Å². The number of aliphatic hydroxyl groups excluding tert-OH is 1. The highest BCUT2D eigenvalue weighted by molar-refractivity contribution is 6.32. The van der Waals surface area contributed by atoms with Crippen molar-refractivity contribution < 1.29 is 5.11 Å². The molecule has 2 aromatic rings. The van der Waals surface area contributed by atoms with E-state index in [4.69, 9.17) is 11.6 Å². The number of hydrogen-bond acceptors (Lipinski definition) is 2. The van der Waals surface area contributed by atoms with Crippen molar-refractivity contribution in [1.82, 2.24) is 9.38 Å². The zero-order valence-electron chi connectivity index (χ0n) is 8.74. The quantitative estimate of drug-likeness (QED) is 0.850. The monoisotopic (exact) mass is 224 g/mol. The van der Waals surface area contributed by atoms with Crippen molar-refractivity contribution in [2.45, 2.75) is 26.4 Å². The molecule has 0 saturated heterocycles. The molecule has 1 atom stereocenters. The number of hydrogen-bond donors (Lipinski definition) is 1. The van der Waals surface area contributed by atoms with E-state index in [2.05, 4.69) is 4.98 Å². The fourth-order valence-corrected chi connectivity index (χ4v) is 2.06. The van der Waals surface area contributed by atoms with E-state index in [1.807, 2.05) is 29.7 Å².